The van der Waals surface area contributed by atoms with E-state index in [9.17, 15) is 9.50 Å². The Balaban J connectivity index is 2.07. The van der Waals surface area contributed by atoms with Crippen LogP contribution in [-0.2, 0) is 11.3 Å². The lowest BCUT2D eigenvalue weighted by Gasteiger charge is -2.60. The molecule has 1 aromatic rings. The van der Waals surface area contributed by atoms with Crippen LogP contribution < -0.4 is 5.32 Å². The summed E-state index contributed by atoms with van der Waals surface area (Å²) in [7, 11) is 0. The van der Waals surface area contributed by atoms with E-state index in [0.717, 1.165) is 6.42 Å². The molecule has 5 heteroatoms. The lowest BCUT2D eigenvalue weighted by atomic mass is 9.54. The van der Waals surface area contributed by atoms with Gasteiger partial charge in [0, 0.05) is 29.2 Å². The van der Waals surface area contributed by atoms with Crippen molar-refractivity contribution in [2.24, 2.45) is 5.41 Å². The first-order chi connectivity index (χ1) is 9.86. The average molecular weight is 316 g/mol. The second-order valence-corrected chi connectivity index (χ2v) is 6.64. The minimum Gasteiger partial charge on any atom is -0.394 e. The Kier molecular flexibility index (Phi) is 4.93. The summed E-state index contributed by atoms with van der Waals surface area (Å²) in [5.41, 5.74) is -0.109. The van der Waals surface area contributed by atoms with Crippen molar-refractivity contribution in [1.29, 1.82) is 0 Å². The lowest BCUT2D eigenvalue weighted by Crippen LogP contribution is -2.73. The van der Waals surface area contributed by atoms with Crippen molar-refractivity contribution in [2.75, 3.05) is 13.2 Å². The highest BCUT2D eigenvalue weighted by Gasteiger charge is 2.60. The first kappa shape index (κ1) is 16.7. The Morgan fingerprint density at radius 1 is 1.48 bits per heavy atom. The fourth-order valence-electron chi connectivity index (χ4n) is 3.03. The molecule has 0 radical (unpaired) electrons. The van der Waals surface area contributed by atoms with Crippen LogP contribution in [0.1, 0.15) is 32.8 Å². The molecule has 0 aliphatic heterocycles. The monoisotopic (exact) mass is 315 g/mol. The maximum absolute atomic E-state index is 13.8. The second kappa shape index (κ2) is 6.21. The van der Waals surface area contributed by atoms with Crippen molar-refractivity contribution in [2.45, 2.75) is 45.4 Å². The van der Waals surface area contributed by atoms with E-state index in [-0.39, 0.29) is 23.9 Å². The van der Waals surface area contributed by atoms with Gasteiger partial charge in [-0.3, -0.25) is 0 Å². The number of ether oxygens (including phenoxy) is 1. The van der Waals surface area contributed by atoms with Crippen LogP contribution in [0.5, 0.6) is 0 Å². The normalized spacial score (nSPS) is 27.4. The molecule has 1 aliphatic carbocycles. The van der Waals surface area contributed by atoms with Crippen molar-refractivity contribution in [3.63, 3.8) is 0 Å². The molecular formula is C16H23ClFNO2. The van der Waals surface area contributed by atoms with Crippen molar-refractivity contribution in [3.05, 3.63) is 34.6 Å². The number of aliphatic hydroxyl groups excluding tert-OH is 1. The van der Waals surface area contributed by atoms with Crippen LogP contribution >= 0.6 is 11.6 Å². The quantitative estimate of drug-likeness (QED) is 0.847. The first-order valence-corrected chi connectivity index (χ1v) is 7.65. The summed E-state index contributed by atoms with van der Waals surface area (Å²) < 4.78 is 19.5. The van der Waals surface area contributed by atoms with Crippen LogP contribution in [-0.4, -0.2) is 30.0 Å². The zero-order valence-electron chi connectivity index (χ0n) is 12.7. The largest absolute Gasteiger partial charge is 0.394 e. The fourth-order valence-corrected chi connectivity index (χ4v) is 3.19. The summed E-state index contributed by atoms with van der Waals surface area (Å²) in [5.74, 6) is -0.332. The summed E-state index contributed by atoms with van der Waals surface area (Å²) >= 11 is 5.75. The smallest absolute Gasteiger partial charge is 0.129 e. The van der Waals surface area contributed by atoms with Crippen LogP contribution in [0.4, 0.5) is 4.39 Å². The van der Waals surface area contributed by atoms with E-state index in [1.54, 1.807) is 12.1 Å². The van der Waals surface area contributed by atoms with Crippen molar-refractivity contribution >= 4 is 11.6 Å². The van der Waals surface area contributed by atoms with Gasteiger partial charge in [0.1, 0.15) is 5.82 Å². The van der Waals surface area contributed by atoms with Crippen molar-refractivity contribution in [1.82, 2.24) is 5.32 Å². The molecule has 0 spiro atoms. The highest BCUT2D eigenvalue weighted by atomic mass is 35.5. The molecule has 1 saturated carbocycles. The average Bonchev–Trinajstić information content (AvgIpc) is 2.43. The van der Waals surface area contributed by atoms with E-state index in [2.05, 4.69) is 19.2 Å². The Morgan fingerprint density at radius 2 is 2.19 bits per heavy atom. The molecular weight excluding hydrogens is 293 g/mol. The molecule has 2 rings (SSSR count). The van der Waals surface area contributed by atoms with Crippen molar-refractivity contribution in [3.8, 4) is 0 Å². The molecule has 0 aromatic heterocycles. The number of rotatable bonds is 6. The molecule has 2 atom stereocenters. The third-order valence-electron chi connectivity index (χ3n) is 4.84. The molecule has 21 heavy (non-hydrogen) atoms. The van der Waals surface area contributed by atoms with E-state index in [1.165, 1.54) is 6.07 Å². The predicted octanol–water partition coefficient (Wildman–Crippen LogP) is 3.13. The van der Waals surface area contributed by atoms with Gasteiger partial charge in [0.2, 0.25) is 0 Å². The van der Waals surface area contributed by atoms with Gasteiger partial charge in [0.05, 0.1) is 18.2 Å². The highest BCUT2D eigenvalue weighted by molar-refractivity contribution is 6.30. The van der Waals surface area contributed by atoms with Crippen LogP contribution in [0.25, 0.3) is 0 Å². The maximum Gasteiger partial charge on any atom is 0.129 e. The lowest BCUT2D eigenvalue weighted by molar-refractivity contribution is -0.177. The molecule has 1 aliphatic rings. The van der Waals surface area contributed by atoms with Gasteiger partial charge < -0.3 is 15.2 Å². The van der Waals surface area contributed by atoms with Crippen LogP contribution in [0.2, 0.25) is 5.02 Å². The molecule has 1 fully saturated rings. The Bertz CT molecular complexity index is 509. The minimum atomic E-state index is -0.446. The summed E-state index contributed by atoms with van der Waals surface area (Å²) in [6.07, 6.45) is 0.830. The van der Waals surface area contributed by atoms with Gasteiger partial charge in [-0.15, -0.1) is 0 Å². The third kappa shape index (κ3) is 2.95. The zero-order valence-corrected chi connectivity index (χ0v) is 13.5. The van der Waals surface area contributed by atoms with Gasteiger partial charge in [-0.2, -0.15) is 0 Å². The molecule has 2 N–H and O–H groups in total. The van der Waals surface area contributed by atoms with Crippen LogP contribution in [0, 0.1) is 11.2 Å². The number of benzene rings is 1. The van der Waals surface area contributed by atoms with Gasteiger partial charge in [-0.25, -0.2) is 4.39 Å². The second-order valence-electron chi connectivity index (χ2n) is 6.20. The Labute approximate surface area is 130 Å². The SMILES string of the molecule is CCO[C@H]1C[C@@](CO)(NCc2ccc(Cl)cc2F)C1(C)C. The van der Waals surface area contributed by atoms with E-state index >= 15 is 0 Å². The topological polar surface area (TPSA) is 41.5 Å². The molecule has 0 bridgehead atoms. The summed E-state index contributed by atoms with van der Waals surface area (Å²) in [4.78, 5) is 0. The van der Waals surface area contributed by atoms with E-state index < -0.39 is 5.54 Å². The number of halogens is 2. The van der Waals surface area contributed by atoms with Crippen LogP contribution in [0.3, 0.4) is 0 Å². The fraction of sp³-hybridized carbons (Fsp3) is 0.625. The van der Waals surface area contributed by atoms with E-state index in [1.807, 2.05) is 6.92 Å². The predicted molar refractivity (Wildman–Crippen MR) is 81.9 cm³/mol. The molecule has 0 unspecified atom stereocenters. The van der Waals surface area contributed by atoms with Crippen molar-refractivity contribution < 1.29 is 14.2 Å². The molecule has 0 saturated heterocycles. The molecule has 1 aromatic carbocycles. The summed E-state index contributed by atoms with van der Waals surface area (Å²) in [5, 5.41) is 13.5. The highest BCUT2D eigenvalue weighted by Crippen LogP contribution is 2.51. The van der Waals surface area contributed by atoms with E-state index in [4.69, 9.17) is 16.3 Å². The maximum atomic E-state index is 13.8. The van der Waals surface area contributed by atoms with Gasteiger partial charge in [0.25, 0.3) is 0 Å². The summed E-state index contributed by atoms with van der Waals surface area (Å²) in [6.45, 7) is 7.11. The number of hydrogen-bond donors (Lipinski definition) is 2. The number of aliphatic hydroxyl groups is 1. The Hall–Kier alpha value is -0.680. The van der Waals surface area contributed by atoms with Gasteiger partial charge in [-0.1, -0.05) is 31.5 Å². The zero-order chi connectivity index (χ0) is 15.7. The third-order valence-corrected chi connectivity index (χ3v) is 5.08. The molecule has 0 heterocycles. The molecule has 0 amide bonds. The standard InChI is InChI=1S/C16H23ClFNO2/c1-4-21-14-8-16(10-20,15(14,2)3)19-9-11-5-6-12(17)7-13(11)18/h5-7,14,19-20H,4,8-10H2,1-3H3/t14-,16-/m0/s1. The minimum absolute atomic E-state index is 0.00121. The number of hydrogen-bond acceptors (Lipinski definition) is 3. The molecule has 118 valence electrons. The van der Waals surface area contributed by atoms with Gasteiger partial charge in [0.15, 0.2) is 0 Å². The Morgan fingerprint density at radius 3 is 2.71 bits per heavy atom. The summed E-state index contributed by atoms with van der Waals surface area (Å²) in [6, 6.07) is 4.64. The van der Waals surface area contributed by atoms with Gasteiger partial charge >= 0.3 is 0 Å². The first-order valence-electron chi connectivity index (χ1n) is 7.27. The van der Waals surface area contributed by atoms with Gasteiger partial charge in [-0.05, 0) is 25.5 Å². The van der Waals surface area contributed by atoms with E-state index in [0.29, 0.717) is 23.7 Å². The molecule has 3 nitrogen and oxygen atoms in total. The van der Waals surface area contributed by atoms with Crippen LogP contribution in [0.15, 0.2) is 18.2 Å². The number of nitrogens with one attached hydrogen (secondary N) is 1.